The number of unbranched alkanes of at least 4 members (excludes halogenated alkanes) is 5. The Morgan fingerprint density at radius 2 is 1.66 bits per heavy atom. The minimum atomic E-state index is -4.42. The Labute approximate surface area is 206 Å². The molecule has 0 radical (unpaired) electrons. The second kappa shape index (κ2) is 12.4. The number of aryl methyl sites for hydroxylation is 1. The molecule has 2 aromatic rings. The van der Waals surface area contributed by atoms with E-state index in [4.69, 9.17) is 4.98 Å². The third-order valence-electron chi connectivity index (χ3n) is 6.67. The van der Waals surface area contributed by atoms with E-state index in [1.165, 1.54) is 31.7 Å². The zero-order valence-corrected chi connectivity index (χ0v) is 21.1. The zero-order valence-electron chi connectivity index (χ0n) is 21.1. The molecule has 8 heteroatoms. The molecule has 1 aromatic carbocycles. The predicted molar refractivity (Wildman–Crippen MR) is 133 cm³/mol. The van der Waals surface area contributed by atoms with Gasteiger partial charge in [-0.15, -0.1) is 0 Å². The van der Waals surface area contributed by atoms with E-state index in [1.54, 1.807) is 6.07 Å². The molecule has 1 aromatic heterocycles. The van der Waals surface area contributed by atoms with Gasteiger partial charge in [0.25, 0.3) is 0 Å². The van der Waals surface area contributed by atoms with Crippen molar-refractivity contribution in [1.29, 1.82) is 0 Å². The monoisotopic (exact) mass is 490 g/mol. The highest BCUT2D eigenvalue weighted by molar-refractivity contribution is 5.76. The van der Waals surface area contributed by atoms with Crippen molar-refractivity contribution in [3.63, 3.8) is 0 Å². The van der Waals surface area contributed by atoms with Gasteiger partial charge in [-0.3, -0.25) is 4.79 Å². The number of benzene rings is 1. The van der Waals surface area contributed by atoms with Crippen LogP contribution in [0.5, 0.6) is 0 Å². The minimum absolute atomic E-state index is 0.208. The summed E-state index contributed by atoms with van der Waals surface area (Å²) in [5, 5.41) is 0. The molecule has 2 heterocycles. The first-order valence-electron chi connectivity index (χ1n) is 12.8. The van der Waals surface area contributed by atoms with Gasteiger partial charge in [-0.1, -0.05) is 58.1 Å². The smallest absolute Gasteiger partial charge is 0.353 e. The summed E-state index contributed by atoms with van der Waals surface area (Å²) in [6, 6.07) is 5.15. The Kier molecular flexibility index (Phi) is 9.52. The van der Waals surface area contributed by atoms with E-state index in [2.05, 4.69) is 16.8 Å². The fourth-order valence-corrected chi connectivity index (χ4v) is 4.60. The van der Waals surface area contributed by atoms with Gasteiger partial charge >= 0.3 is 6.18 Å². The van der Waals surface area contributed by atoms with Crippen LogP contribution in [0.2, 0.25) is 0 Å². The van der Waals surface area contributed by atoms with E-state index >= 15 is 0 Å². The number of hydrogen-bond acceptors (Lipinski definition) is 4. The highest BCUT2D eigenvalue weighted by Crippen LogP contribution is 2.33. The molecule has 1 fully saturated rings. The maximum Gasteiger partial charge on any atom is 0.416 e. The molecule has 5 nitrogen and oxygen atoms in total. The van der Waals surface area contributed by atoms with Crippen molar-refractivity contribution in [2.75, 3.05) is 31.1 Å². The Hall–Kier alpha value is -2.64. The van der Waals surface area contributed by atoms with Gasteiger partial charge in [0.15, 0.2) is 5.82 Å². The maximum atomic E-state index is 13.2. The van der Waals surface area contributed by atoms with Crippen LogP contribution in [-0.2, 0) is 17.4 Å². The molecule has 0 unspecified atom stereocenters. The lowest BCUT2D eigenvalue weighted by Crippen LogP contribution is -2.49. The SMILES string of the molecule is CCCCCCCCC(=O)N1CCN(c2nc(-c3cccc(C(F)(F)F)c3)nc(C)c2CC)CC1. The summed E-state index contributed by atoms with van der Waals surface area (Å²) in [5.74, 6) is 1.26. The molecule has 0 spiro atoms. The number of aromatic nitrogens is 2. The quantitative estimate of drug-likeness (QED) is 0.360. The molecule has 0 saturated carbocycles. The first-order chi connectivity index (χ1) is 16.7. The van der Waals surface area contributed by atoms with E-state index < -0.39 is 11.7 Å². The average Bonchev–Trinajstić information content (AvgIpc) is 2.85. The van der Waals surface area contributed by atoms with Crippen LogP contribution in [0.1, 0.15) is 75.6 Å². The van der Waals surface area contributed by atoms with Crippen LogP contribution in [0, 0.1) is 6.92 Å². The van der Waals surface area contributed by atoms with E-state index in [1.807, 2.05) is 18.7 Å². The molecule has 1 saturated heterocycles. The Balaban J connectivity index is 1.68. The lowest BCUT2D eigenvalue weighted by Gasteiger charge is -2.36. The highest BCUT2D eigenvalue weighted by Gasteiger charge is 2.31. The molecule has 0 N–H and O–H groups in total. The third-order valence-corrected chi connectivity index (χ3v) is 6.67. The maximum absolute atomic E-state index is 13.2. The van der Waals surface area contributed by atoms with Gasteiger partial charge in [-0.05, 0) is 31.9 Å². The number of nitrogens with zero attached hydrogens (tertiary/aromatic N) is 4. The highest BCUT2D eigenvalue weighted by atomic mass is 19.4. The van der Waals surface area contributed by atoms with Gasteiger partial charge in [-0.2, -0.15) is 13.2 Å². The van der Waals surface area contributed by atoms with Crippen molar-refractivity contribution in [2.45, 2.75) is 78.3 Å². The van der Waals surface area contributed by atoms with Crippen LogP contribution < -0.4 is 4.90 Å². The fourth-order valence-electron chi connectivity index (χ4n) is 4.60. The van der Waals surface area contributed by atoms with Gasteiger partial charge in [0.1, 0.15) is 5.82 Å². The van der Waals surface area contributed by atoms with Crippen molar-refractivity contribution in [3.8, 4) is 11.4 Å². The summed E-state index contributed by atoms with van der Waals surface area (Å²) >= 11 is 0. The van der Waals surface area contributed by atoms with Crippen LogP contribution in [0.25, 0.3) is 11.4 Å². The molecular weight excluding hydrogens is 453 g/mol. The zero-order chi connectivity index (χ0) is 25.4. The number of amides is 1. The molecule has 1 aliphatic heterocycles. The van der Waals surface area contributed by atoms with Crippen molar-refractivity contribution < 1.29 is 18.0 Å². The Morgan fingerprint density at radius 1 is 0.971 bits per heavy atom. The molecule has 0 atom stereocenters. The summed E-state index contributed by atoms with van der Waals surface area (Å²) < 4.78 is 39.7. The van der Waals surface area contributed by atoms with Gasteiger partial charge in [0, 0.05) is 49.4 Å². The van der Waals surface area contributed by atoms with Crippen LogP contribution in [0.15, 0.2) is 24.3 Å². The number of rotatable bonds is 10. The summed E-state index contributed by atoms with van der Waals surface area (Å²) in [4.78, 5) is 26.0. The molecule has 35 heavy (non-hydrogen) atoms. The van der Waals surface area contributed by atoms with E-state index in [-0.39, 0.29) is 5.91 Å². The van der Waals surface area contributed by atoms with Crippen molar-refractivity contribution in [3.05, 3.63) is 41.1 Å². The van der Waals surface area contributed by atoms with Crippen LogP contribution in [-0.4, -0.2) is 47.0 Å². The largest absolute Gasteiger partial charge is 0.416 e. The second-order valence-electron chi connectivity index (χ2n) is 9.25. The van der Waals surface area contributed by atoms with E-state index in [9.17, 15) is 18.0 Å². The molecular formula is C27H37F3N4O. The Bertz CT molecular complexity index is 985. The summed E-state index contributed by atoms with van der Waals surface area (Å²) in [6.45, 7) is 8.64. The first-order valence-corrected chi connectivity index (χ1v) is 12.8. The van der Waals surface area contributed by atoms with Crippen LogP contribution >= 0.6 is 0 Å². The number of carbonyl (C=O) groups excluding carboxylic acids is 1. The standard InChI is InChI=1S/C27H37F3N4O/c1-4-6-7-8-9-10-14-24(35)33-15-17-34(18-16-33)26-23(5-2)20(3)31-25(32-26)21-12-11-13-22(19-21)27(28,29)30/h11-13,19H,4-10,14-18H2,1-3H3. The number of anilines is 1. The summed E-state index contributed by atoms with van der Waals surface area (Å²) in [5.41, 5.74) is 1.40. The number of piperazine rings is 1. The van der Waals surface area contributed by atoms with Crippen LogP contribution in [0.3, 0.4) is 0 Å². The van der Waals surface area contributed by atoms with Gasteiger partial charge in [-0.25, -0.2) is 9.97 Å². The van der Waals surface area contributed by atoms with E-state index in [0.717, 1.165) is 48.5 Å². The minimum Gasteiger partial charge on any atom is -0.353 e. The van der Waals surface area contributed by atoms with Crippen molar-refractivity contribution >= 4 is 11.7 Å². The van der Waals surface area contributed by atoms with Gasteiger partial charge in [0.2, 0.25) is 5.91 Å². The lowest BCUT2D eigenvalue weighted by atomic mass is 10.1. The molecule has 0 aliphatic carbocycles. The molecule has 1 amide bonds. The van der Waals surface area contributed by atoms with Crippen LogP contribution in [0.4, 0.5) is 19.0 Å². The molecule has 3 rings (SSSR count). The topological polar surface area (TPSA) is 49.3 Å². The van der Waals surface area contributed by atoms with Gasteiger partial charge < -0.3 is 9.80 Å². The average molecular weight is 491 g/mol. The van der Waals surface area contributed by atoms with Crippen molar-refractivity contribution in [2.24, 2.45) is 0 Å². The third kappa shape index (κ3) is 7.18. The molecule has 1 aliphatic rings. The van der Waals surface area contributed by atoms with Crippen molar-refractivity contribution in [1.82, 2.24) is 14.9 Å². The summed E-state index contributed by atoms with van der Waals surface area (Å²) in [6.07, 6.45) is 3.84. The fraction of sp³-hybridized carbons (Fsp3) is 0.593. The molecule has 192 valence electrons. The molecule has 0 bridgehead atoms. The number of alkyl halides is 3. The van der Waals surface area contributed by atoms with E-state index in [0.29, 0.717) is 44.0 Å². The van der Waals surface area contributed by atoms with Gasteiger partial charge in [0.05, 0.1) is 5.56 Å². The first kappa shape index (κ1) is 27.0. The number of halogens is 3. The Morgan fingerprint density at radius 3 is 2.31 bits per heavy atom. The summed E-state index contributed by atoms with van der Waals surface area (Å²) in [7, 11) is 0. The normalized spacial score (nSPS) is 14.5. The predicted octanol–water partition coefficient (Wildman–Crippen LogP) is 6.43. The lowest BCUT2D eigenvalue weighted by molar-refractivity contribution is -0.137. The number of hydrogen-bond donors (Lipinski definition) is 0. The second-order valence-corrected chi connectivity index (χ2v) is 9.25. The number of carbonyl (C=O) groups is 1.